The van der Waals surface area contributed by atoms with Crippen molar-refractivity contribution in [3.63, 3.8) is 0 Å². The number of fused-ring (bicyclic) bond motifs is 1. The minimum Gasteiger partial charge on any atom is -0.316 e. The molecule has 33 heavy (non-hydrogen) atoms. The molecule has 0 bridgehead atoms. The van der Waals surface area contributed by atoms with Crippen LogP contribution >= 0.6 is 11.3 Å². The zero-order valence-corrected chi connectivity index (χ0v) is 19.9. The number of nitro groups is 1. The highest BCUT2D eigenvalue weighted by Gasteiger charge is 2.28. The van der Waals surface area contributed by atoms with Crippen molar-refractivity contribution in [2.24, 2.45) is 10.9 Å². The number of rotatable bonds is 5. The van der Waals surface area contributed by atoms with Gasteiger partial charge in [-0.2, -0.15) is 9.30 Å². The Morgan fingerprint density at radius 2 is 1.97 bits per heavy atom. The fourth-order valence-corrected chi connectivity index (χ4v) is 6.67. The van der Waals surface area contributed by atoms with Crippen molar-refractivity contribution >= 4 is 43.2 Å². The lowest BCUT2D eigenvalue weighted by molar-refractivity contribution is -0.384. The average molecular weight is 489 g/mol. The van der Waals surface area contributed by atoms with Crippen molar-refractivity contribution < 1.29 is 18.1 Å². The Labute approximate surface area is 195 Å². The molecule has 2 aromatic carbocycles. The SMILES string of the molecule is CCn1c(=NC(=O)c2ccc(S(=O)(=O)N3CCCC(C)C3)cc2)sc2ccc([N+](=O)[O-])cc21. The molecule has 1 amide bonds. The number of non-ortho nitro benzene ring substituents is 1. The maximum atomic E-state index is 12.9. The fraction of sp³-hybridized carbons (Fsp3) is 0.364. The number of piperidine rings is 1. The largest absolute Gasteiger partial charge is 0.316 e. The molecule has 11 heteroatoms. The monoisotopic (exact) mass is 488 g/mol. The van der Waals surface area contributed by atoms with Crippen molar-refractivity contribution in [1.29, 1.82) is 0 Å². The molecule has 2 heterocycles. The smallest absolute Gasteiger partial charge is 0.279 e. The predicted molar refractivity (Wildman–Crippen MR) is 126 cm³/mol. The van der Waals surface area contributed by atoms with Gasteiger partial charge >= 0.3 is 0 Å². The Hall–Kier alpha value is -2.89. The molecular formula is C22H24N4O5S2. The highest BCUT2D eigenvalue weighted by Crippen LogP contribution is 2.25. The second-order valence-corrected chi connectivity index (χ2v) is 11.0. The average Bonchev–Trinajstić information content (AvgIpc) is 3.15. The van der Waals surface area contributed by atoms with E-state index in [1.807, 2.05) is 13.8 Å². The van der Waals surface area contributed by atoms with Crippen LogP contribution in [0.5, 0.6) is 0 Å². The van der Waals surface area contributed by atoms with Crippen molar-refractivity contribution in [2.45, 2.75) is 38.1 Å². The summed E-state index contributed by atoms with van der Waals surface area (Å²) in [5, 5.41) is 11.1. The van der Waals surface area contributed by atoms with Crippen molar-refractivity contribution in [3.8, 4) is 0 Å². The number of hydrogen-bond donors (Lipinski definition) is 0. The van der Waals surface area contributed by atoms with Gasteiger partial charge in [0.1, 0.15) is 0 Å². The summed E-state index contributed by atoms with van der Waals surface area (Å²) in [7, 11) is -3.60. The molecule has 0 N–H and O–H groups in total. The van der Waals surface area contributed by atoms with E-state index in [0.717, 1.165) is 17.5 Å². The van der Waals surface area contributed by atoms with Crippen LogP contribution in [0.25, 0.3) is 10.2 Å². The number of benzene rings is 2. The van der Waals surface area contributed by atoms with E-state index in [-0.39, 0.29) is 16.1 Å². The van der Waals surface area contributed by atoms with Crippen LogP contribution in [0, 0.1) is 16.0 Å². The van der Waals surface area contributed by atoms with Crippen molar-refractivity contribution in [3.05, 3.63) is 62.9 Å². The van der Waals surface area contributed by atoms with Gasteiger partial charge in [-0.25, -0.2) is 8.42 Å². The van der Waals surface area contributed by atoms with Crippen LogP contribution in [0.2, 0.25) is 0 Å². The first kappa shape index (κ1) is 23.3. The van der Waals surface area contributed by atoms with E-state index in [0.29, 0.717) is 35.9 Å². The van der Waals surface area contributed by atoms with E-state index in [9.17, 15) is 23.3 Å². The highest BCUT2D eigenvalue weighted by atomic mass is 32.2. The van der Waals surface area contributed by atoms with Gasteiger partial charge in [0.2, 0.25) is 10.0 Å². The summed E-state index contributed by atoms with van der Waals surface area (Å²) >= 11 is 1.27. The van der Waals surface area contributed by atoms with Crippen LogP contribution < -0.4 is 4.80 Å². The summed E-state index contributed by atoms with van der Waals surface area (Å²) in [6.07, 6.45) is 1.86. The molecule has 0 saturated carbocycles. The molecule has 174 valence electrons. The fourth-order valence-electron chi connectivity index (χ4n) is 4.00. The van der Waals surface area contributed by atoms with Gasteiger partial charge in [0, 0.05) is 37.3 Å². The summed E-state index contributed by atoms with van der Waals surface area (Å²) < 4.78 is 29.9. The lowest BCUT2D eigenvalue weighted by atomic mass is 10.0. The van der Waals surface area contributed by atoms with Gasteiger partial charge in [-0.3, -0.25) is 14.9 Å². The van der Waals surface area contributed by atoms with Crippen LogP contribution in [-0.2, 0) is 16.6 Å². The number of carbonyl (C=O) groups excluding carboxylic acids is 1. The number of nitro benzene ring substituents is 1. The Bertz CT molecular complexity index is 1390. The summed E-state index contributed by atoms with van der Waals surface area (Å²) in [6.45, 7) is 5.40. The number of amides is 1. The van der Waals surface area contributed by atoms with Crippen LogP contribution in [0.3, 0.4) is 0 Å². The maximum absolute atomic E-state index is 12.9. The number of aromatic nitrogens is 1. The molecule has 1 aliphatic rings. The Balaban J connectivity index is 1.64. The zero-order chi connectivity index (χ0) is 23.8. The first-order valence-electron chi connectivity index (χ1n) is 10.7. The zero-order valence-electron chi connectivity index (χ0n) is 18.3. The minimum absolute atomic E-state index is 0.0275. The van der Waals surface area contributed by atoms with Gasteiger partial charge in [0.25, 0.3) is 11.6 Å². The number of nitrogens with zero attached hydrogens (tertiary/aromatic N) is 4. The van der Waals surface area contributed by atoms with Gasteiger partial charge in [-0.15, -0.1) is 0 Å². The van der Waals surface area contributed by atoms with E-state index in [2.05, 4.69) is 4.99 Å². The minimum atomic E-state index is -3.60. The van der Waals surface area contributed by atoms with Gasteiger partial charge in [-0.1, -0.05) is 18.3 Å². The third-order valence-electron chi connectivity index (χ3n) is 5.75. The molecule has 1 saturated heterocycles. The number of carbonyl (C=O) groups is 1. The third kappa shape index (κ3) is 4.61. The summed E-state index contributed by atoms with van der Waals surface area (Å²) in [5.41, 5.74) is 0.882. The summed E-state index contributed by atoms with van der Waals surface area (Å²) in [5.74, 6) is -0.185. The van der Waals surface area contributed by atoms with E-state index in [4.69, 9.17) is 0 Å². The van der Waals surface area contributed by atoms with Gasteiger partial charge in [0.05, 0.1) is 20.0 Å². The molecule has 0 spiro atoms. The van der Waals surface area contributed by atoms with Crippen LogP contribution in [0.1, 0.15) is 37.0 Å². The van der Waals surface area contributed by atoms with Crippen LogP contribution in [0.4, 0.5) is 5.69 Å². The number of thiazole rings is 1. The quantitative estimate of drug-likeness (QED) is 0.400. The summed E-state index contributed by atoms with van der Waals surface area (Å²) in [4.78, 5) is 28.2. The Morgan fingerprint density at radius 3 is 2.61 bits per heavy atom. The molecular weight excluding hydrogens is 464 g/mol. The lowest BCUT2D eigenvalue weighted by Gasteiger charge is -2.30. The number of sulfonamides is 1. The Kier molecular flexibility index (Phi) is 6.46. The van der Waals surface area contributed by atoms with E-state index >= 15 is 0 Å². The molecule has 9 nitrogen and oxygen atoms in total. The first-order chi connectivity index (χ1) is 15.7. The molecule has 1 aliphatic heterocycles. The normalized spacial score (nSPS) is 18.0. The number of hydrogen-bond acceptors (Lipinski definition) is 6. The molecule has 0 radical (unpaired) electrons. The first-order valence-corrected chi connectivity index (χ1v) is 12.9. The van der Waals surface area contributed by atoms with Gasteiger partial charge in [-0.05, 0) is 56.0 Å². The second-order valence-electron chi connectivity index (χ2n) is 8.09. The van der Waals surface area contributed by atoms with Crippen LogP contribution in [-0.4, -0.2) is 41.2 Å². The Morgan fingerprint density at radius 1 is 1.24 bits per heavy atom. The molecule has 1 atom stereocenters. The molecule has 4 rings (SSSR count). The van der Waals surface area contributed by atoms with Gasteiger partial charge in [0.15, 0.2) is 4.80 Å². The molecule has 1 aromatic heterocycles. The number of aryl methyl sites for hydroxylation is 1. The van der Waals surface area contributed by atoms with Gasteiger partial charge < -0.3 is 4.57 Å². The highest BCUT2D eigenvalue weighted by molar-refractivity contribution is 7.89. The topological polar surface area (TPSA) is 115 Å². The standard InChI is InChI=1S/C22H24N4O5S2/c1-3-25-19-13-17(26(28)29)8-11-20(19)32-22(25)23-21(27)16-6-9-18(10-7-16)33(30,31)24-12-4-5-15(2)14-24/h6-11,13,15H,3-5,12,14H2,1-2H3. The molecule has 0 aliphatic carbocycles. The van der Waals surface area contributed by atoms with Crippen molar-refractivity contribution in [2.75, 3.05) is 13.1 Å². The van der Waals surface area contributed by atoms with E-state index in [1.54, 1.807) is 10.6 Å². The molecule has 1 unspecified atom stereocenters. The maximum Gasteiger partial charge on any atom is 0.279 e. The van der Waals surface area contributed by atoms with Crippen molar-refractivity contribution in [1.82, 2.24) is 8.87 Å². The van der Waals surface area contributed by atoms with E-state index in [1.165, 1.54) is 52.0 Å². The molecule has 3 aromatic rings. The third-order valence-corrected chi connectivity index (χ3v) is 8.69. The van der Waals surface area contributed by atoms with Crippen LogP contribution in [0.15, 0.2) is 52.4 Å². The summed E-state index contributed by atoms with van der Waals surface area (Å²) in [6, 6.07) is 10.4. The predicted octanol–water partition coefficient (Wildman–Crippen LogP) is 3.79. The van der Waals surface area contributed by atoms with E-state index < -0.39 is 20.9 Å². The lowest BCUT2D eigenvalue weighted by Crippen LogP contribution is -2.39. The second kappa shape index (κ2) is 9.16. The molecule has 1 fully saturated rings.